The average Bonchev–Trinajstić information content (AvgIpc) is 2.39. The molecular weight excluding hydrogens is 230 g/mol. The number of hydrogen-bond acceptors (Lipinski definition) is 1. The van der Waals surface area contributed by atoms with Crippen LogP contribution in [0, 0.1) is 5.92 Å². The van der Waals surface area contributed by atoms with Crippen molar-refractivity contribution in [2.45, 2.75) is 65.8 Å². The molecule has 108 valence electrons. The van der Waals surface area contributed by atoms with Gasteiger partial charge >= 0.3 is 0 Å². The predicted octanol–water partition coefficient (Wildman–Crippen LogP) is 4.77. The maximum absolute atomic E-state index is 3.65. The molecule has 0 fully saturated rings. The van der Waals surface area contributed by atoms with E-state index < -0.39 is 0 Å². The van der Waals surface area contributed by atoms with Crippen LogP contribution in [-0.4, -0.2) is 12.6 Å². The lowest BCUT2D eigenvalue weighted by molar-refractivity contribution is 0.358. The van der Waals surface area contributed by atoms with Crippen molar-refractivity contribution >= 4 is 0 Å². The molecule has 1 nitrogen and oxygen atoms in total. The van der Waals surface area contributed by atoms with E-state index in [1.807, 2.05) is 0 Å². The molecule has 19 heavy (non-hydrogen) atoms. The molecule has 1 N–H and O–H groups in total. The summed E-state index contributed by atoms with van der Waals surface area (Å²) < 4.78 is 0. The third-order valence-corrected chi connectivity index (χ3v) is 4.00. The van der Waals surface area contributed by atoms with E-state index in [0.29, 0.717) is 12.0 Å². The molecule has 0 aliphatic heterocycles. The summed E-state index contributed by atoms with van der Waals surface area (Å²) in [5.74, 6) is 1.37. The normalized spacial score (nSPS) is 14.6. The summed E-state index contributed by atoms with van der Waals surface area (Å²) in [5.41, 5.74) is 2.89. The molecule has 0 aliphatic rings. The Morgan fingerprint density at radius 3 is 2.11 bits per heavy atom. The zero-order valence-electron chi connectivity index (χ0n) is 13.4. The lowest BCUT2D eigenvalue weighted by atomic mass is 9.90. The monoisotopic (exact) mass is 261 g/mol. The first-order valence-electron chi connectivity index (χ1n) is 7.90. The average molecular weight is 261 g/mol. The molecule has 0 aromatic heterocycles. The third kappa shape index (κ3) is 5.36. The van der Waals surface area contributed by atoms with Crippen LogP contribution in [0.2, 0.25) is 0 Å². The van der Waals surface area contributed by atoms with Crippen LogP contribution in [0.15, 0.2) is 24.3 Å². The van der Waals surface area contributed by atoms with Gasteiger partial charge in [0.25, 0.3) is 0 Å². The fourth-order valence-corrected chi connectivity index (χ4v) is 2.69. The largest absolute Gasteiger partial charge is 0.314 e. The number of likely N-dealkylation sites (N-methyl/N-ethyl adjacent to an activating group) is 1. The van der Waals surface area contributed by atoms with E-state index in [1.165, 1.54) is 24.0 Å². The van der Waals surface area contributed by atoms with Gasteiger partial charge in [0.15, 0.2) is 0 Å². The Labute approximate surface area is 119 Å². The second-order valence-electron chi connectivity index (χ2n) is 6.03. The van der Waals surface area contributed by atoms with Gasteiger partial charge in [-0.05, 0) is 42.3 Å². The van der Waals surface area contributed by atoms with Crippen molar-refractivity contribution in [3.05, 3.63) is 35.4 Å². The molecule has 0 spiro atoms. The Morgan fingerprint density at radius 1 is 1.00 bits per heavy atom. The number of hydrogen-bond donors (Lipinski definition) is 1. The zero-order chi connectivity index (χ0) is 14.3. The summed E-state index contributed by atoms with van der Waals surface area (Å²) in [6, 6.07) is 9.78. The molecule has 0 bridgehead atoms. The van der Waals surface area contributed by atoms with Crippen molar-refractivity contribution in [3.8, 4) is 0 Å². The molecule has 0 aliphatic carbocycles. The predicted molar refractivity (Wildman–Crippen MR) is 85.8 cm³/mol. The molecule has 0 radical (unpaired) electrons. The van der Waals surface area contributed by atoms with Crippen LogP contribution >= 0.6 is 0 Å². The van der Waals surface area contributed by atoms with Crippen molar-refractivity contribution < 1.29 is 0 Å². The van der Waals surface area contributed by atoms with Crippen LogP contribution in [-0.2, 0) is 6.42 Å². The van der Waals surface area contributed by atoms with E-state index in [0.717, 1.165) is 18.9 Å². The van der Waals surface area contributed by atoms with Crippen molar-refractivity contribution in [1.29, 1.82) is 0 Å². The molecule has 1 aromatic carbocycles. The van der Waals surface area contributed by atoms with Gasteiger partial charge in [0.2, 0.25) is 0 Å². The standard InChI is InChI=1S/C18H31N/c1-6-8-15(5)18(19-7-2)13-16-9-11-17(12-10-16)14(3)4/h9-12,14-15,18-19H,6-8,13H2,1-5H3. The second kappa shape index (κ2) is 8.37. The van der Waals surface area contributed by atoms with Crippen molar-refractivity contribution in [2.75, 3.05) is 6.54 Å². The van der Waals surface area contributed by atoms with Gasteiger partial charge < -0.3 is 5.32 Å². The second-order valence-corrected chi connectivity index (χ2v) is 6.03. The van der Waals surface area contributed by atoms with E-state index in [4.69, 9.17) is 0 Å². The minimum Gasteiger partial charge on any atom is -0.314 e. The highest BCUT2D eigenvalue weighted by atomic mass is 14.9. The zero-order valence-corrected chi connectivity index (χ0v) is 13.4. The smallest absolute Gasteiger partial charge is 0.0133 e. The first-order chi connectivity index (χ1) is 9.08. The highest BCUT2D eigenvalue weighted by Crippen LogP contribution is 2.18. The number of nitrogens with one attached hydrogen (secondary N) is 1. The summed E-state index contributed by atoms with van der Waals surface area (Å²) in [7, 11) is 0. The van der Waals surface area contributed by atoms with Gasteiger partial charge in [-0.3, -0.25) is 0 Å². The van der Waals surface area contributed by atoms with Crippen LogP contribution in [0.4, 0.5) is 0 Å². The summed E-state index contributed by atoms with van der Waals surface area (Å²) in [6.07, 6.45) is 3.73. The van der Waals surface area contributed by atoms with Gasteiger partial charge in [-0.1, -0.05) is 65.3 Å². The summed E-state index contributed by atoms with van der Waals surface area (Å²) >= 11 is 0. The molecule has 1 rings (SSSR count). The molecule has 0 saturated carbocycles. The molecule has 0 saturated heterocycles. The Hall–Kier alpha value is -0.820. The maximum Gasteiger partial charge on any atom is 0.0133 e. The molecule has 2 unspecified atom stereocenters. The van der Waals surface area contributed by atoms with Gasteiger partial charge in [0.05, 0.1) is 0 Å². The molecule has 0 amide bonds. The van der Waals surface area contributed by atoms with Crippen LogP contribution in [0.25, 0.3) is 0 Å². The van der Waals surface area contributed by atoms with E-state index in [-0.39, 0.29) is 0 Å². The van der Waals surface area contributed by atoms with E-state index in [1.54, 1.807) is 0 Å². The van der Waals surface area contributed by atoms with Crippen LogP contribution in [0.5, 0.6) is 0 Å². The molecular formula is C18H31N. The van der Waals surface area contributed by atoms with Crippen molar-refractivity contribution in [3.63, 3.8) is 0 Å². The topological polar surface area (TPSA) is 12.0 Å². The summed E-state index contributed by atoms with van der Waals surface area (Å²) in [4.78, 5) is 0. The molecule has 2 atom stereocenters. The fourth-order valence-electron chi connectivity index (χ4n) is 2.69. The van der Waals surface area contributed by atoms with Gasteiger partial charge in [-0.15, -0.1) is 0 Å². The maximum atomic E-state index is 3.65. The SMILES string of the molecule is CCCC(C)C(Cc1ccc(C(C)C)cc1)NCC. The van der Waals surface area contributed by atoms with Crippen molar-refractivity contribution in [1.82, 2.24) is 5.32 Å². The lowest BCUT2D eigenvalue weighted by Gasteiger charge is -2.25. The molecule has 0 heterocycles. The minimum absolute atomic E-state index is 0.606. The Balaban J connectivity index is 2.67. The molecule has 1 heteroatoms. The van der Waals surface area contributed by atoms with Crippen LogP contribution in [0.1, 0.15) is 64.5 Å². The number of benzene rings is 1. The Bertz CT molecular complexity index is 339. The van der Waals surface area contributed by atoms with E-state index in [2.05, 4.69) is 64.2 Å². The first-order valence-corrected chi connectivity index (χ1v) is 7.90. The third-order valence-electron chi connectivity index (χ3n) is 4.00. The summed E-state index contributed by atoms with van der Waals surface area (Å²) in [6.45, 7) is 12.4. The van der Waals surface area contributed by atoms with Gasteiger partial charge in [0, 0.05) is 6.04 Å². The van der Waals surface area contributed by atoms with Gasteiger partial charge in [-0.25, -0.2) is 0 Å². The highest BCUT2D eigenvalue weighted by Gasteiger charge is 2.16. The van der Waals surface area contributed by atoms with Crippen LogP contribution in [0.3, 0.4) is 0 Å². The summed E-state index contributed by atoms with van der Waals surface area (Å²) in [5, 5.41) is 3.65. The van der Waals surface area contributed by atoms with Crippen molar-refractivity contribution in [2.24, 2.45) is 5.92 Å². The Morgan fingerprint density at radius 2 is 1.63 bits per heavy atom. The fraction of sp³-hybridized carbons (Fsp3) is 0.667. The van der Waals surface area contributed by atoms with Gasteiger partial charge in [-0.2, -0.15) is 0 Å². The molecule has 1 aromatic rings. The lowest BCUT2D eigenvalue weighted by Crippen LogP contribution is -2.36. The van der Waals surface area contributed by atoms with E-state index >= 15 is 0 Å². The first kappa shape index (κ1) is 16.2. The van der Waals surface area contributed by atoms with Crippen LogP contribution < -0.4 is 5.32 Å². The minimum atomic E-state index is 0.606. The van der Waals surface area contributed by atoms with E-state index in [9.17, 15) is 0 Å². The Kier molecular flexibility index (Phi) is 7.15. The quantitative estimate of drug-likeness (QED) is 0.711. The number of rotatable bonds is 8. The highest BCUT2D eigenvalue weighted by molar-refractivity contribution is 5.25. The van der Waals surface area contributed by atoms with Gasteiger partial charge in [0.1, 0.15) is 0 Å².